The lowest BCUT2D eigenvalue weighted by atomic mass is 10.5. The van der Waals surface area contributed by atoms with Crippen LogP contribution in [-0.2, 0) is 14.9 Å². The highest BCUT2D eigenvalue weighted by Crippen LogP contribution is 1.91. The number of carbonyl (C=O) groups is 1. The highest BCUT2D eigenvalue weighted by molar-refractivity contribution is 7.85. The first-order chi connectivity index (χ1) is 5.85. The largest absolute Gasteiger partial charge is 0.395 e. The van der Waals surface area contributed by atoms with Crippen LogP contribution in [0.3, 0.4) is 0 Å². The van der Waals surface area contributed by atoms with Gasteiger partial charge in [0.1, 0.15) is 5.88 Å². The minimum absolute atomic E-state index is 0.0390. The summed E-state index contributed by atoms with van der Waals surface area (Å²) in [6, 6.07) is 0. The number of amides is 1. The van der Waals surface area contributed by atoms with E-state index in [2.05, 4.69) is 0 Å². The number of primary amides is 1. The van der Waals surface area contributed by atoms with Gasteiger partial charge in [-0.2, -0.15) is 8.42 Å². The van der Waals surface area contributed by atoms with E-state index in [1.54, 1.807) is 0 Å². The fraction of sp³-hybridized carbons (Fsp3) is 0.800. The topological polar surface area (TPSA) is 121 Å². The summed E-state index contributed by atoms with van der Waals surface area (Å²) >= 11 is 0. The minimum Gasteiger partial charge on any atom is -0.395 e. The Morgan fingerprint density at radius 2 is 2.00 bits per heavy atom. The van der Waals surface area contributed by atoms with Crippen molar-refractivity contribution in [3.8, 4) is 0 Å². The van der Waals surface area contributed by atoms with Gasteiger partial charge in [-0.15, -0.1) is 0 Å². The second-order valence-electron chi connectivity index (χ2n) is 2.45. The highest BCUT2D eigenvalue weighted by Gasteiger charge is 2.14. The third-order valence-electron chi connectivity index (χ3n) is 1.14. The zero-order valence-electron chi connectivity index (χ0n) is 6.88. The first-order valence-corrected chi connectivity index (χ1v) is 5.03. The Labute approximate surface area is 75.9 Å². The summed E-state index contributed by atoms with van der Waals surface area (Å²) in [4.78, 5) is 11.4. The number of nitrogens with two attached hydrogens (primary N) is 1. The van der Waals surface area contributed by atoms with E-state index in [1.807, 2.05) is 0 Å². The predicted molar refractivity (Wildman–Crippen MR) is 44.3 cm³/mol. The van der Waals surface area contributed by atoms with Crippen LogP contribution >= 0.6 is 0 Å². The maximum absolute atomic E-state index is 10.4. The first kappa shape index (κ1) is 12.3. The predicted octanol–water partition coefficient (Wildman–Crippen LogP) is -2.39. The molecular formula is C5H12N2O5S. The van der Waals surface area contributed by atoms with E-state index in [-0.39, 0.29) is 19.7 Å². The van der Waals surface area contributed by atoms with Crippen LogP contribution in [0.1, 0.15) is 0 Å². The Bertz CT molecular complexity index is 262. The molecule has 7 nitrogen and oxygen atoms in total. The van der Waals surface area contributed by atoms with Crippen molar-refractivity contribution in [1.29, 1.82) is 0 Å². The average molecular weight is 212 g/mol. The third kappa shape index (κ3) is 7.65. The lowest BCUT2D eigenvalue weighted by Crippen LogP contribution is -2.38. The maximum Gasteiger partial charge on any atom is 0.278 e. The zero-order valence-corrected chi connectivity index (χ0v) is 7.70. The normalized spacial score (nSPS) is 11.9. The van der Waals surface area contributed by atoms with Crippen molar-refractivity contribution in [1.82, 2.24) is 4.90 Å². The Hall–Kier alpha value is -0.700. The first-order valence-electron chi connectivity index (χ1n) is 3.42. The monoisotopic (exact) mass is 212 g/mol. The second kappa shape index (κ2) is 5.12. The molecule has 0 radical (unpaired) electrons. The molecule has 0 aliphatic carbocycles. The van der Waals surface area contributed by atoms with Crippen molar-refractivity contribution >= 4 is 16.0 Å². The third-order valence-corrected chi connectivity index (χ3v) is 1.83. The number of carbonyl (C=O) groups excluding carboxylic acids is 1. The molecule has 0 aromatic heterocycles. The minimum atomic E-state index is -4.18. The second-order valence-corrected chi connectivity index (χ2v) is 3.88. The van der Waals surface area contributed by atoms with Gasteiger partial charge in [0, 0.05) is 6.54 Å². The molecule has 0 saturated carbocycles. The van der Waals surface area contributed by atoms with Gasteiger partial charge in [-0.25, -0.2) is 0 Å². The molecule has 0 spiro atoms. The molecule has 0 unspecified atom stereocenters. The molecule has 1 amide bonds. The van der Waals surface area contributed by atoms with E-state index in [9.17, 15) is 13.2 Å². The molecule has 0 aliphatic heterocycles. The van der Waals surface area contributed by atoms with Gasteiger partial charge >= 0.3 is 0 Å². The molecule has 0 aromatic carbocycles. The van der Waals surface area contributed by atoms with Gasteiger partial charge in [-0.3, -0.25) is 14.2 Å². The van der Waals surface area contributed by atoms with E-state index in [4.69, 9.17) is 15.4 Å². The SMILES string of the molecule is NC(=O)CN(CCO)CS(=O)(=O)O. The number of hydrogen-bond acceptors (Lipinski definition) is 5. The summed E-state index contributed by atoms with van der Waals surface area (Å²) in [6.07, 6.45) is 0. The highest BCUT2D eigenvalue weighted by atomic mass is 32.2. The van der Waals surface area contributed by atoms with Crippen molar-refractivity contribution in [3.05, 3.63) is 0 Å². The smallest absolute Gasteiger partial charge is 0.278 e. The van der Waals surface area contributed by atoms with Crippen LogP contribution in [0.5, 0.6) is 0 Å². The molecule has 4 N–H and O–H groups in total. The van der Waals surface area contributed by atoms with E-state index in [0.717, 1.165) is 4.90 Å². The quantitative estimate of drug-likeness (QED) is 0.422. The Kier molecular flexibility index (Phi) is 4.85. The number of aliphatic hydroxyl groups is 1. The Balaban J connectivity index is 4.17. The van der Waals surface area contributed by atoms with Gasteiger partial charge in [0.2, 0.25) is 5.91 Å². The zero-order chi connectivity index (χ0) is 10.5. The van der Waals surface area contributed by atoms with Gasteiger partial charge in [-0.05, 0) is 0 Å². The van der Waals surface area contributed by atoms with Crippen molar-refractivity contribution < 1.29 is 22.9 Å². The van der Waals surface area contributed by atoms with Crippen LogP contribution in [0.4, 0.5) is 0 Å². The fourth-order valence-corrected chi connectivity index (χ4v) is 1.46. The molecule has 0 fully saturated rings. The molecule has 0 aliphatic rings. The van der Waals surface area contributed by atoms with Gasteiger partial charge in [0.25, 0.3) is 10.1 Å². The van der Waals surface area contributed by atoms with Crippen molar-refractivity contribution in [2.45, 2.75) is 0 Å². The molecule has 13 heavy (non-hydrogen) atoms. The molecule has 0 heterocycles. The molecule has 0 atom stereocenters. The van der Waals surface area contributed by atoms with Crippen molar-refractivity contribution in [2.75, 3.05) is 25.6 Å². The van der Waals surface area contributed by atoms with E-state index < -0.39 is 21.9 Å². The summed E-state index contributed by atoms with van der Waals surface area (Å²) in [5.74, 6) is -1.44. The van der Waals surface area contributed by atoms with Gasteiger partial charge in [0.15, 0.2) is 0 Å². The molecule has 0 bridgehead atoms. The van der Waals surface area contributed by atoms with E-state index in [1.165, 1.54) is 0 Å². The number of hydrogen-bond donors (Lipinski definition) is 3. The standard InChI is InChI=1S/C5H12N2O5S/c6-5(9)3-7(1-2-8)4-13(10,11)12/h8H,1-4H2,(H2,6,9)(H,10,11,12). The maximum atomic E-state index is 10.4. The molecular weight excluding hydrogens is 200 g/mol. The fourth-order valence-electron chi connectivity index (χ4n) is 0.782. The molecule has 0 rings (SSSR count). The lowest BCUT2D eigenvalue weighted by molar-refractivity contribution is -0.119. The van der Waals surface area contributed by atoms with Crippen molar-refractivity contribution in [3.63, 3.8) is 0 Å². The summed E-state index contributed by atoms with van der Waals surface area (Å²) in [6.45, 7) is -0.675. The molecule has 0 saturated heterocycles. The molecule has 8 heteroatoms. The summed E-state index contributed by atoms with van der Waals surface area (Å²) in [5, 5.41) is 8.48. The van der Waals surface area contributed by atoms with Gasteiger partial charge in [0.05, 0.1) is 13.2 Å². The summed E-state index contributed by atoms with van der Waals surface area (Å²) < 4.78 is 29.2. The number of aliphatic hydroxyl groups excluding tert-OH is 1. The van der Waals surface area contributed by atoms with Crippen LogP contribution in [0.25, 0.3) is 0 Å². The van der Waals surface area contributed by atoms with Crippen LogP contribution in [-0.4, -0.2) is 54.5 Å². The number of rotatable bonds is 6. The van der Waals surface area contributed by atoms with Gasteiger partial charge in [-0.1, -0.05) is 0 Å². The van der Waals surface area contributed by atoms with Crippen molar-refractivity contribution in [2.24, 2.45) is 5.73 Å². The molecule has 78 valence electrons. The Morgan fingerprint density at radius 1 is 1.46 bits per heavy atom. The van der Waals surface area contributed by atoms with Crippen LogP contribution < -0.4 is 5.73 Å². The Morgan fingerprint density at radius 3 is 2.31 bits per heavy atom. The number of nitrogens with zero attached hydrogens (tertiary/aromatic N) is 1. The van der Waals surface area contributed by atoms with E-state index >= 15 is 0 Å². The van der Waals surface area contributed by atoms with Gasteiger partial charge < -0.3 is 10.8 Å². The average Bonchev–Trinajstić information content (AvgIpc) is 1.81. The van der Waals surface area contributed by atoms with E-state index in [0.29, 0.717) is 0 Å². The van der Waals surface area contributed by atoms with Crippen LogP contribution in [0.15, 0.2) is 0 Å². The summed E-state index contributed by atoms with van der Waals surface area (Å²) in [7, 11) is -4.18. The van der Waals surface area contributed by atoms with Crippen LogP contribution in [0, 0.1) is 0 Å². The lowest BCUT2D eigenvalue weighted by Gasteiger charge is -2.16. The molecule has 0 aromatic rings. The van der Waals surface area contributed by atoms with Crippen LogP contribution in [0.2, 0.25) is 0 Å². The summed E-state index contributed by atoms with van der Waals surface area (Å²) in [5.41, 5.74) is 4.80.